The van der Waals surface area contributed by atoms with E-state index in [1.807, 2.05) is 35.1 Å². The summed E-state index contributed by atoms with van der Waals surface area (Å²) >= 11 is 1.44. The molecule has 0 aliphatic carbocycles. The molecule has 1 amide bonds. The number of methoxy groups -OCH3 is 1. The van der Waals surface area contributed by atoms with Crippen molar-refractivity contribution < 1.29 is 27.8 Å². The predicted octanol–water partition coefficient (Wildman–Crippen LogP) is 4.59. The molecule has 0 saturated carbocycles. The number of rotatable bonds is 7. The lowest BCUT2D eigenvalue weighted by molar-refractivity contribution is -0.118. The lowest BCUT2D eigenvalue weighted by atomic mass is 10.1. The van der Waals surface area contributed by atoms with Gasteiger partial charge in [-0.05, 0) is 49.4 Å². The minimum absolute atomic E-state index is 0.000156. The lowest BCUT2D eigenvalue weighted by Crippen LogP contribution is -2.25. The molecule has 32 heavy (non-hydrogen) atoms. The van der Waals surface area contributed by atoms with Crippen molar-refractivity contribution in [2.45, 2.75) is 19.6 Å². The minimum atomic E-state index is -2.87. The second-order valence-corrected chi connectivity index (χ2v) is 7.95. The van der Waals surface area contributed by atoms with E-state index in [4.69, 9.17) is 14.5 Å². The summed E-state index contributed by atoms with van der Waals surface area (Å²) in [4.78, 5) is 17.1. The van der Waals surface area contributed by atoms with E-state index in [0.717, 1.165) is 11.3 Å². The molecule has 1 aliphatic rings. The standard InChI is InChI=1S/C22H21F2N3O4S/c1-13(10-29-2)27-18(14-3-8-19-17(9-14)26-20(28)11-30-19)12-32-22(27)25-15-4-6-16(7-5-15)31-21(23)24/h3-9,12-13,21H,10-11H2,1-2H3,(H,26,28). The molecule has 3 aromatic rings. The summed E-state index contributed by atoms with van der Waals surface area (Å²) in [6, 6.07) is 11.7. The Hall–Kier alpha value is -3.24. The van der Waals surface area contributed by atoms with Crippen molar-refractivity contribution in [3.8, 4) is 22.8 Å². The Morgan fingerprint density at radius 3 is 2.75 bits per heavy atom. The SMILES string of the molecule is COCC(C)n1c(-c2ccc3c(c2)NC(=O)CO3)csc1=Nc1ccc(OC(F)F)cc1. The molecule has 2 aromatic carbocycles. The van der Waals surface area contributed by atoms with Crippen LogP contribution >= 0.6 is 11.3 Å². The zero-order valence-corrected chi connectivity index (χ0v) is 18.2. The Labute approximate surface area is 186 Å². The third-order valence-corrected chi connectivity index (χ3v) is 5.62. The van der Waals surface area contributed by atoms with Gasteiger partial charge in [0.2, 0.25) is 0 Å². The van der Waals surface area contributed by atoms with Gasteiger partial charge in [-0.25, -0.2) is 4.99 Å². The van der Waals surface area contributed by atoms with Crippen LogP contribution in [0.3, 0.4) is 0 Å². The van der Waals surface area contributed by atoms with Gasteiger partial charge in [-0.1, -0.05) is 0 Å². The molecule has 0 fully saturated rings. The first-order valence-corrected chi connectivity index (χ1v) is 10.7. The second-order valence-electron chi connectivity index (χ2n) is 7.11. The van der Waals surface area contributed by atoms with Gasteiger partial charge in [0.25, 0.3) is 5.91 Å². The van der Waals surface area contributed by atoms with Gasteiger partial charge in [0.15, 0.2) is 11.4 Å². The van der Waals surface area contributed by atoms with Crippen LogP contribution in [0.5, 0.6) is 11.5 Å². The fourth-order valence-corrected chi connectivity index (χ4v) is 4.43. The number of benzene rings is 2. The van der Waals surface area contributed by atoms with Crippen molar-refractivity contribution in [2.24, 2.45) is 4.99 Å². The first-order chi connectivity index (χ1) is 15.4. The summed E-state index contributed by atoms with van der Waals surface area (Å²) in [7, 11) is 1.63. The number of amides is 1. The van der Waals surface area contributed by atoms with E-state index >= 15 is 0 Å². The Balaban J connectivity index is 1.74. The second kappa shape index (κ2) is 9.49. The summed E-state index contributed by atoms with van der Waals surface area (Å²) in [5.41, 5.74) is 3.00. The first kappa shape index (κ1) is 22.0. The highest BCUT2D eigenvalue weighted by Gasteiger charge is 2.19. The molecule has 0 radical (unpaired) electrons. The van der Waals surface area contributed by atoms with Crippen LogP contribution in [0, 0.1) is 0 Å². The Kier molecular flexibility index (Phi) is 6.52. The summed E-state index contributed by atoms with van der Waals surface area (Å²) < 4.78 is 42.0. The van der Waals surface area contributed by atoms with Crippen molar-refractivity contribution in [3.63, 3.8) is 0 Å². The molecule has 0 spiro atoms. The Morgan fingerprint density at radius 2 is 2.03 bits per heavy atom. The van der Waals surface area contributed by atoms with Gasteiger partial charge >= 0.3 is 6.61 Å². The molecular formula is C22H21F2N3O4S. The summed E-state index contributed by atoms with van der Waals surface area (Å²) in [5, 5.41) is 4.80. The average molecular weight is 461 g/mol. The number of halogens is 2. The molecular weight excluding hydrogens is 440 g/mol. The number of thiazole rings is 1. The highest BCUT2D eigenvalue weighted by atomic mass is 32.1. The van der Waals surface area contributed by atoms with E-state index in [9.17, 15) is 13.6 Å². The Morgan fingerprint density at radius 1 is 1.25 bits per heavy atom. The van der Waals surface area contributed by atoms with Crippen molar-refractivity contribution in [1.29, 1.82) is 0 Å². The van der Waals surface area contributed by atoms with Crippen LogP contribution in [-0.2, 0) is 9.53 Å². The van der Waals surface area contributed by atoms with Gasteiger partial charge < -0.3 is 24.1 Å². The van der Waals surface area contributed by atoms with Gasteiger partial charge in [-0.15, -0.1) is 11.3 Å². The van der Waals surface area contributed by atoms with Crippen LogP contribution in [0.2, 0.25) is 0 Å². The number of fused-ring (bicyclic) bond motifs is 1. The van der Waals surface area contributed by atoms with E-state index in [2.05, 4.69) is 10.1 Å². The lowest BCUT2D eigenvalue weighted by Gasteiger charge is -2.20. The van der Waals surface area contributed by atoms with Crippen molar-refractivity contribution in [1.82, 2.24) is 4.57 Å². The van der Waals surface area contributed by atoms with Crippen molar-refractivity contribution in [2.75, 3.05) is 25.6 Å². The first-order valence-electron chi connectivity index (χ1n) is 9.80. The van der Waals surface area contributed by atoms with E-state index in [0.29, 0.717) is 28.5 Å². The highest BCUT2D eigenvalue weighted by Crippen LogP contribution is 2.34. The maximum absolute atomic E-state index is 12.4. The number of aromatic nitrogens is 1. The number of nitrogens with one attached hydrogen (secondary N) is 1. The van der Waals surface area contributed by atoms with Crippen molar-refractivity contribution in [3.05, 3.63) is 52.6 Å². The normalized spacial score (nSPS) is 14.7. The molecule has 4 rings (SSSR count). The third kappa shape index (κ3) is 4.81. The van der Waals surface area contributed by atoms with Gasteiger partial charge in [0, 0.05) is 18.1 Å². The topological polar surface area (TPSA) is 74.1 Å². The largest absolute Gasteiger partial charge is 0.482 e. The zero-order valence-electron chi connectivity index (χ0n) is 17.4. The molecule has 1 atom stereocenters. The van der Waals surface area contributed by atoms with Crippen LogP contribution in [0.25, 0.3) is 11.3 Å². The number of nitrogens with zero attached hydrogens (tertiary/aromatic N) is 2. The summed E-state index contributed by atoms with van der Waals surface area (Å²) in [6.45, 7) is -0.397. The van der Waals surface area contributed by atoms with E-state index in [1.165, 1.54) is 23.5 Å². The van der Waals surface area contributed by atoms with E-state index < -0.39 is 6.61 Å². The number of alkyl halides is 2. The van der Waals surface area contributed by atoms with Gasteiger partial charge in [0.1, 0.15) is 11.5 Å². The van der Waals surface area contributed by atoms with Crippen LogP contribution < -0.4 is 19.6 Å². The number of carbonyl (C=O) groups excluding carboxylic acids is 1. The highest BCUT2D eigenvalue weighted by molar-refractivity contribution is 7.07. The van der Waals surface area contributed by atoms with Gasteiger partial charge in [0.05, 0.1) is 29.7 Å². The van der Waals surface area contributed by atoms with Gasteiger partial charge in [-0.2, -0.15) is 8.78 Å². The fraction of sp³-hybridized carbons (Fsp3) is 0.273. The maximum Gasteiger partial charge on any atom is 0.387 e. The van der Waals surface area contributed by atoms with Crippen LogP contribution in [-0.4, -0.2) is 37.4 Å². The number of carbonyl (C=O) groups is 1. The van der Waals surface area contributed by atoms with E-state index in [-0.39, 0.29) is 24.3 Å². The molecule has 1 N–H and O–H groups in total. The molecule has 0 bridgehead atoms. The molecule has 0 saturated heterocycles. The van der Waals surface area contributed by atoms with E-state index in [1.54, 1.807) is 19.2 Å². The average Bonchev–Trinajstić information content (AvgIpc) is 3.18. The number of hydrogen-bond donors (Lipinski definition) is 1. The predicted molar refractivity (Wildman–Crippen MR) is 117 cm³/mol. The van der Waals surface area contributed by atoms with Crippen LogP contribution in [0.15, 0.2) is 52.8 Å². The monoisotopic (exact) mass is 461 g/mol. The van der Waals surface area contributed by atoms with Gasteiger partial charge in [-0.3, -0.25) is 4.79 Å². The third-order valence-electron chi connectivity index (χ3n) is 4.79. The summed E-state index contributed by atoms with van der Waals surface area (Å²) in [5.74, 6) is 0.497. The number of hydrogen-bond acceptors (Lipinski definition) is 6. The number of ether oxygens (including phenoxy) is 3. The molecule has 2 heterocycles. The quantitative estimate of drug-likeness (QED) is 0.559. The van der Waals surface area contributed by atoms with Crippen molar-refractivity contribution >= 4 is 28.6 Å². The fourth-order valence-electron chi connectivity index (χ4n) is 3.41. The maximum atomic E-state index is 12.4. The molecule has 10 heteroatoms. The molecule has 1 unspecified atom stereocenters. The summed E-state index contributed by atoms with van der Waals surface area (Å²) in [6.07, 6.45) is 0. The number of anilines is 1. The molecule has 1 aromatic heterocycles. The van der Waals surface area contributed by atoms with Crippen LogP contribution in [0.4, 0.5) is 20.2 Å². The molecule has 168 valence electrons. The zero-order chi connectivity index (χ0) is 22.7. The van der Waals surface area contributed by atoms with Crippen LogP contribution in [0.1, 0.15) is 13.0 Å². The smallest absolute Gasteiger partial charge is 0.387 e. The molecule has 7 nitrogen and oxygen atoms in total. The molecule has 1 aliphatic heterocycles. The Bertz CT molecular complexity index is 1170. The minimum Gasteiger partial charge on any atom is -0.482 e.